The maximum Gasteiger partial charge on any atom is 0.161 e. The van der Waals surface area contributed by atoms with Gasteiger partial charge in [0, 0.05) is 58.1 Å². The Morgan fingerprint density at radius 1 is 0.481 bits per heavy atom. The molecule has 0 saturated carbocycles. The van der Waals surface area contributed by atoms with Crippen LogP contribution in [0.3, 0.4) is 0 Å². The standard InChI is InChI=1S/C49H39N5/c1-34-19-23-36(24-20-34)48(50-2)52-49(37-25-29-43(30-26-37)54-46-17-9-5-13-40(46)32-41-14-6-10-18-47(41)54)51-33-35-21-27-42(28-22-35)53-44-15-7-3-11-38(44)31-39-12-4-8-16-45(39)53/h3-30H,2,31-33H2,1H3/b51-49-,52-48-. The van der Waals surface area contributed by atoms with Crippen LogP contribution in [0.5, 0.6) is 0 Å². The van der Waals surface area contributed by atoms with E-state index in [-0.39, 0.29) is 0 Å². The molecule has 0 spiro atoms. The summed E-state index contributed by atoms with van der Waals surface area (Å²) >= 11 is 0. The van der Waals surface area contributed by atoms with Crippen molar-refractivity contribution in [2.24, 2.45) is 15.0 Å². The average Bonchev–Trinajstić information content (AvgIpc) is 3.23. The summed E-state index contributed by atoms with van der Waals surface area (Å²) < 4.78 is 0. The SMILES string of the molecule is C=N/C(=N\C(=N/Cc1ccc(N2c3ccccc3Cc3ccccc32)cc1)c1ccc(N2c3ccccc3Cc3ccccc32)cc1)c1ccc(C)cc1. The maximum atomic E-state index is 5.14. The fourth-order valence-electron chi connectivity index (χ4n) is 7.60. The Morgan fingerprint density at radius 2 is 0.870 bits per heavy atom. The minimum absolute atomic E-state index is 0.458. The van der Waals surface area contributed by atoms with E-state index in [1.165, 1.54) is 50.6 Å². The number of nitrogens with zero attached hydrogens (tertiary/aromatic N) is 5. The highest BCUT2D eigenvalue weighted by Crippen LogP contribution is 2.45. The van der Waals surface area contributed by atoms with Gasteiger partial charge in [-0.05, 0) is 102 Å². The lowest BCUT2D eigenvalue weighted by Crippen LogP contribution is -2.18. The van der Waals surface area contributed by atoms with Crippen molar-refractivity contribution in [3.63, 3.8) is 0 Å². The lowest BCUT2D eigenvalue weighted by Gasteiger charge is -2.33. The molecule has 0 aromatic heterocycles. The molecule has 2 aliphatic heterocycles. The summed E-state index contributed by atoms with van der Waals surface area (Å²) in [5.41, 5.74) is 16.4. The van der Waals surface area contributed by atoms with Crippen molar-refractivity contribution in [1.29, 1.82) is 0 Å². The molecule has 0 aliphatic carbocycles. The summed E-state index contributed by atoms with van der Waals surface area (Å²) in [6.45, 7) is 6.41. The highest BCUT2D eigenvalue weighted by Gasteiger charge is 2.25. The van der Waals surface area contributed by atoms with Crippen LogP contribution in [0, 0.1) is 6.92 Å². The number of anilines is 6. The lowest BCUT2D eigenvalue weighted by atomic mass is 9.95. The maximum absolute atomic E-state index is 5.14. The number of fused-ring (bicyclic) bond motifs is 4. The van der Waals surface area contributed by atoms with Gasteiger partial charge in [0.15, 0.2) is 11.7 Å². The van der Waals surface area contributed by atoms with Gasteiger partial charge in [0.05, 0.1) is 6.54 Å². The van der Waals surface area contributed by atoms with Gasteiger partial charge in [-0.15, -0.1) is 0 Å². The molecule has 0 bridgehead atoms. The number of benzene rings is 7. The smallest absolute Gasteiger partial charge is 0.161 e. The molecule has 0 unspecified atom stereocenters. The minimum atomic E-state index is 0.458. The van der Waals surface area contributed by atoms with Gasteiger partial charge in [-0.3, -0.25) is 4.99 Å². The van der Waals surface area contributed by atoms with Crippen LogP contribution in [0.15, 0.2) is 185 Å². The second-order valence-corrected chi connectivity index (χ2v) is 13.9. The zero-order valence-electron chi connectivity index (χ0n) is 30.2. The first kappa shape index (κ1) is 33.0. The zero-order valence-corrected chi connectivity index (χ0v) is 30.2. The predicted octanol–water partition coefficient (Wildman–Crippen LogP) is 11.8. The van der Waals surface area contributed by atoms with Crippen LogP contribution in [0.1, 0.15) is 44.5 Å². The highest BCUT2D eigenvalue weighted by molar-refractivity contribution is 6.12. The normalized spacial score (nSPS) is 13.4. The summed E-state index contributed by atoms with van der Waals surface area (Å²) in [6.07, 6.45) is 1.85. The van der Waals surface area contributed by atoms with Crippen LogP contribution in [0.25, 0.3) is 0 Å². The molecular formula is C49H39N5. The first-order chi connectivity index (χ1) is 26.6. The second kappa shape index (κ2) is 14.3. The Kier molecular flexibility index (Phi) is 8.73. The van der Waals surface area contributed by atoms with Gasteiger partial charge < -0.3 is 9.80 Å². The quantitative estimate of drug-likeness (QED) is 0.128. The van der Waals surface area contributed by atoms with E-state index >= 15 is 0 Å². The Hall–Kier alpha value is -6.85. The van der Waals surface area contributed by atoms with Crippen LogP contribution in [-0.2, 0) is 19.4 Å². The van der Waals surface area contributed by atoms with Crippen molar-refractivity contribution in [3.05, 3.63) is 214 Å². The highest BCUT2D eigenvalue weighted by atomic mass is 15.2. The first-order valence-corrected chi connectivity index (χ1v) is 18.4. The molecule has 260 valence electrons. The molecule has 7 aromatic rings. The van der Waals surface area contributed by atoms with Gasteiger partial charge in [0.2, 0.25) is 0 Å². The molecule has 7 aromatic carbocycles. The fourth-order valence-corrected chi connectivity index (χ4v) is 7.60. The molecular weight excluding hydrogens is 659 g/mol. The van der Waals surface area contributed by atoms with Crippen molar-refractivity contribution in [2.45, 2.75) is 26.3 Å². The molecule has 0 amide bonds. The molecule has 54 heavy (non-hydrogen) atoms. The first-order valence-electron chi connectivity index (χ1n) is 18.4. The van der Waals surface area contributed by atoms with E-state index in [1.54, 1.807) is 0 Å². The van der Waals surface area contributed by atoms with E-state index < -0.39 is 0 Å². The van der Waals surface area contributed by atoms with Crippen LogP contribution >= 0.6 is 0 Å². The largest absolute Gasteiger partial charge is 0.310 e. The molecule has 9 rings (SSSR count). The number of hydrogen-bond donors (Lipinski definition) is 0. The Balaban J connectivity index is 1.06. The number of aryl methyl sites for hydroxylation is 1. The molecule has 0 fully saturated rings. The molecule has 2 heterocycles. The van der Waals surface area contributed by atoms with Gasteiger partial charge in [0.25, 0.3) is 0 Å². The number of rotatable bonds is 6. The number of para-hydroxylation sites is 4. The lowest BCUT2D eigenvalue weighted by molar-refractivity contribution is 1.05. The van der Waals surface area contributed by atoms with E-state index in [1.807, 2.05) is 12.1 Å². The number of aliphatic imine (C=N–C) groups is 3. The van der Waals surface area contributed by atoms with Crippen LogP contribution in [-0.4, -0.2) is 18.4 Å². The Bertz CT molecular complexity index is 2460. The third-order valence-corrected chi connectivity index (χ3v) is 10.4. The molecule has 0 radical (unpaired) electrons. The third kappa shape index (κ3) is 6.30. The molecule has 2 aliphatic rings. The van der Waals surface area contributed by atoms with E-state index in [2.05, 4.69) is 186 Å². The third-order valence-electron chi connectivity index (χ3n) is 10.4. The van der Waals surface area contributed by atoms with Crippen LogP contribution in [0.4, 0.5) is 34.1 Å². The predicted molar refractivity (Wildman–Crippen MR) is 225 cm³/mol. The summed E-state index contributed by atoms with van der Waals surface area (Å²) in [5.74, 6) is 1.14. The van der Waals surface area contributed by atoms with Gasteiger partial charge >= 0.3 is 0 Å². The van der Waals surface area contributed by atoms with Crippen molar-refractivity contribution >= 4 is 52.5 Å². The van der Waals surface area contributed by atoms with Crippen molar-refractivity contribution in [2.75, 3.05) is 9.80 Å². The van der Waals surface area contributed by atoms with Crippen LogP contribution < -0.4 is 9.80 Å². The van der Waals surface area contributed by atoms with Crippen LogP contribution in [0.2, 0.25) is 0 Å². The molecule has 0 saturated heterocycles. The summed E-state index contributed by atoms with van der Waals surface area (Å²) in [6, 6.07) is 60.1. The summed E-state index contributed by atoms with van der Waals surface area (Å²) in [5, 5.41) is 0. The number of amidine groups is 2. The van der Waals surface area contributed by atoms with Gasteiger partial charge in [0.1, 0.15) is 0 Å². The second-order valence-electron chi connectivity index (χ2n) is 13.9. The summed E-state index contributed by atoms with van der Waals surface area (Å²) in [7, 11) is 0. The van der Waals surface area contributed by atoms with E-state index in [4.69, 9.17) is 9.98 Å². The minimum Gasteiger partial charge on any atom is -0.310 e. The van der Waals surface area contributed by atoms with Crippen molar-refractivity contribution in [3.8, 4) is 0 Å². The van der Waals surface area contributed by atoms with Crippen molar-refractivity contribution < 1.29 is 0 Å². The molecule has 5 heteroatoms. The van der Waals surface area contributed by atoms with Crippen molar-refractivity contribution in [1.82, 2.24) is 0 Å². The Labute approximate surface area is 317 Å². The van der Waals surface area contributed by atoms with Gasteiger partial charge in [-0.25, -0.2) is 9.98 Å². The summed E-state index contributed by atoms with van der Waals surface area (Å²) in [4.78, 5) is 19.3. The number of hydrogen-bond acceptors (Lipinski definition) is 3. The topological polar surface area (TPSA) is 43.6 Å². The van der Waals surface area contributed by atoms with E-state index in [0.29, 0.717) is 18.2 Å². The molecule has 5 nitrogen and oxygen atoms in total. The van der Waals surface area contributed by atoms with E-state index in [0.717, 1.165) is 40.9 Å². The average molecular weight is 698 g/mol. The fraction of sp³-hybridized carbons (Fsp3) is 0.0816. The van der Waals surface area contributed by atoms with Gasteiger partial charge in [-0.2, -0.15) is 0 Å². The van der Waals surface area contributed by atoms with E-state index in [9.17, 15) is 0 Å². The monoisotopic (exact) mass is 697 g/mol. The molecule has 0 atom stereocenters. The zero-order chi connectivity index (χ0) is 36.4. The molecule has 0 N–H and O–H groups in total. The Morgan fingerprint density at radius 3 is 1.31 bits per heavy atom. The van der Waals surface area contributed by atoms with Gasteiger partial charge in [-0.1, -0.05) is 115 Å².